The molecule has 5 nitrogen and oxygen atoms in total. The van der Waals surface area contributed by atoms with Crippen LogP contribution in [-0.2, 0) is 16.4 Å². The van der Waals surface area contributed by atoms with Crippen molar-refractivity contribution in [3.63, 3.8) is 0 Å². The lowest BCUT2D eigenvalue weighted by atomic mass is 10.2. The van der Waals surface area contributed by atoms with Gasteiger partial charge in [0.15, 0.2) is 9.84 Å². The first kappa shape index (κ1) is 15.6. The van der Waals surface area contributed by atoms with Crippen LogP contribution in [0, 0.1) is 0 Å². The minimum absolute atomic E-state index is 0.201. The van der Waals surface area contributed by atoms with Crippen LogP contribution in [0.1, 0.15) is 12.5 Å². The van der Waals surface area contributed by atoms with E-state index in [0.717, 1.165) is 23.7 Å². The molecule has 1 aromatic rings. The molecule has 1 atom stereocenters. The Morgan fingerprint density at radius 2 is 2.35 bits per heavy atom. The van der Waals surface area contributed by atoms with E-state index in [4.69, 9.17) is 0 Å². The van der Waals surface area contributed by atoms with Crippen molar-refractivity contribution in [1.82, 2.24) is 9.88 Å². The fourth-order valence-corrected chi connectivity index (χ4v) is 5.34. The van der Waals surface area contributed by atoms with Gasteiger partial charge in [-0.1, -0.05) is 6.92 Å². The maximum atomic E-state index is 12.2. The summed E-state index contributed by atoms with van der Waals surface area (Å²) in [7, 11) is -1.20. The normalized spacial score (nSPS) is 20.8. The van der Waals surface area contributed by atoms with Crippen molar-refractivity contribution in [3.8, 4) is 0 Å². The molecule has 1 aliphatic rings. The Labute approximate surface area is 125 Å². The van der Waals surface area contributed by atoms with Gasteiger partial charge in [-0.25, -0.2) is 13.4 Å². The third-order valence-electron chi connectivity index (χ3n) is 3.47. The van der Waals surface area contributed by atoms with Crippen LogP contribution in [-0.4, -0.2) is 54.5 Å². The molecule has 1 N–H and O–H groups in total. The van der Waals surface area contributed by atoms with Crippen molar-refractivity contribution in [3.05, 3.63) is 23.9 Å². The number of hydrogen-bond donors (Lipinski definition) is 1. The first-order valence-electron chi connectivity index (χ1n) is 6.73. The molecule has 112 valence electrons. The average Bonchev–Trinajstić information content (AvgIpc) is 2.48. The number of rotatable bonds is 5. The van der Waals surface area contributed by atoms with Crippen molar-refractivity contribution in [2.24, 2.45) is 0 Å². The summed E-state index contributed by atoms with van der Waals surface area (Å²) in [6.45, 7) is 3.19. The van der Waals surface area contributed by atoms with Gasteiger partial charge in [-0.05, 0) is 17.7 Å². The summed E-state index contributed by atoms with van der Waals surface area (Å²) in [5, 5.41) is 2.64. The molecule has 1 fully saturated rings. The predicted octanol–water partition coefficient (Wildman–Crippen LogP) is 1.43. The predicted molar refractivity (Wildman–Crippen MR) is 84.8 cm³/mol. The van der Waals surface area contributed by atoms with E-state index < -0.39 is 9.84 Å². The van der Waals surface area contributed by atoms with E-state index in [1.807, 2.05) is 19.2 Å². The minimum atomic E-state index is -3.03. The fraction of sp³-hybridized carbons (Fsp3) is 0.615. The van der Waals surface area contributed by atoms with Crippen molar-refractivity contribution in [2.45, 2.75) is 18.8 Å². The Morgan fingerprint density at radius 3 is 3.05 bits per heavy atom. The SMILES string of the molecule is CCS(=O)(=O)C1CSCCN1Cc1ccnc(NC)c1. The summed E-state index contributed by atoms with van der Waals surface area (Å²) >= 11 is 1.72. The number of pyridine rings is 1. The van der Waals surface area contributed by atoms with Crippen LogP contribution in [0.25, 0.3) is 0 Å². The maximum absolute atomic E-state index is 12.2. The Morgan fingerprint density at radius 1 is 1.55 bits per heavy atom. The number of aromatic nitrogens is 1. The highest BCUT2D eigenvalue weighted by molar-refractivity contribution is 8.01. The van der Waals surface area contributed by atoms with E-state index in [9.17, 15) is 8.42 Å². The molecule has 0 spiro atoms. The van der Waals surface area contributed by atoms with E-state index in [-0.39, 0.29) is 11.1 Å². The third-order valence-corrected chi connectivity index (χ3v) is 6.81. The first-order chi connectivity index (χ1) is 9.56. The smallest absolute Gasteiger partial charge is 0.166 e. The molecular formula is C13H21N3O2S2. The standard InChI is InChI=1S/C13H21N3O2S2/c1-3-20(17,18)13-10-19-7-6-16(13)9-11-4-5-15-12(8-11)14-2/h4-5,8,13H,3,6-7,9-10H2,1-2H3,(H,14,15). The average molecular weight is 315 g/mol. The van der Waals surface area contributed by atoms with Gasteiger partial charge in [-0.3, -0.25) is 4.90 Å². The van der Waals surface area contributed by atoms with Crippen LogP contribution < -0.4 is 5.32 Å². The highest BCUT2D eigenvalue weighted by Crippen LogP contribution is 2.23. The maximum Gasteiger partial charge on any atom is 0.166 e. The van der Waals surface area contributed by atoms with Crippen LogP contribution >= 0.6 is 11.8 Å². The lowest BCUT2D eigenvalue weighted by Gasteiger charge is -2.34. The Balaban J connectivity index is 2.16. The number of nitrogens with one attached hydrogen (secondary N) is 1. The highest BCUT2D eigenvalue weighted by atomic mass is 32.2. The number of thioether (sulfide) groups is 1. The minimum Gasteiger partial charge on any atom is -0.373 e. The molecule has 20 heavy (non-hydrogen) atoms. The number of nitrogens with zero attached hydrogens (tertiary/aromatic N) is 2. The van der Waals surface area contributed by atoms with Gasteiger partial charge in [0.05, 0.1) is 0 Å². The van der Waals surface area contributed by atoms with Crippen LogP contribution in [0.3, 0.4) is 0 Å². The number of anilines is 1. The highest BCUT2D eigenvalue weighted by Gasteiger charge is 2.32. The Hall–Kier alpha value is -0.790. The van der Waals surface area contributed by atoms with Crippen molar-refractivity contribution >= 4 is 27.4 Å². The van der Waals surface area contributed by atoms with Crippen molar-refractivity contribution in [1.29, 1.82) is 0 Å². The second-order valence-corrected chi connectivity index (χ2v) is 8.35. The second kappa shape index (κ2) is 6.78. The fourth-order valence-electron chi connectivity index (χ4n) is 2.26. The van der Waals surface area contributed by atoms with E-state index >= 15 is 0 Å². The van der Waals surface area contributed by atoms with Gasteiger partial charge in [-0.15, -0.1) is 0 Å². The summed E-state index contributed by atoms with van der Waals surface area (Å²) in [4.78, 5) is 6.26. The van der Waals surface area contributed by atoms with Gasteiger partial charge in [0.2, 0.25) is 0 Å². The Kier molecular flexibility index (Phi) is 5.29. The molecule has 2 rings (SSSR count). The largest absolute Gasteiger partial charge is 0.373 e. The summed E-state index contributed by atoms with van der Waals surface area (Å²) < 4.78 is 24.4. The summed E-state index contributed by atoms with van der Waals surface area (Å²) in [6, 6.07) is 3.91. The van der Waals surface area contributed by atoms with Crippen molar-refractivity contribution < 1.29 is 8.42 Å². The molecule has 2 heterocycles. The molecule has 0 amide bonds. The molecule has 0 aromatic carbocycles. The van der Waals surface area contributed by atoms with Crippen LogP contribution in [0.15, 0.2) is 18.3 Å². The summed E-state index contributed by atoms with van der Waals surface area (Å²) in [5.41, 5.74) is 1.09. The van der Waals surface area contributed by atoms with E-state index in [2.05, 4.69) is 15.2 Å². The van der Waals surface area contributed by atoms with Gasteiger partial charge in [0.25, 0.3) is 0 Å². The molecule has 0 radical (unpaired) electrons. The molecule has 1 saturated heterocycles. The lowest BCUT2D eigenvalue weighted by Crippen LogP contribution is -2.47. The van der Waals surface area contributed by atoms with E-state index in [0.29, 0.717) is 12.3 Å². The first-order valence-corrected chi connectivity index (χ1v) is 9.60. The zero-order valence-electron chi connectivity index (χ0n) is 11.9. The molecule has 1 unspecified atom stereocenters. The number of sulfone groups is 1. The molecule has 1 aromatic heterocycles. The molecular weight excluding hydrogens is 294 g/mol. The topological polar surface area (TPSA) is 62.3 Å². The monoisotopic (exact) mass is 315 g/mol. The van der Waals surface area contributed by atoms with Crippen LogP contribution in [0.4, 0.5) is 5.82 Å². The lowest BCUT2D eigenvalue weighted by molar-refractivity contribution is 0.261. The summed E-state index contributed by atoms with van der Waals surface area (Å²) in [6.07, 6.45) is 1.75. The molecule has 7 heteroatoms. The zero-order valence-corrected chi connectivity index (χ0v) is 13.5. The van der Waals surface area contributed by atoms with Crippen molar-refractivity contribution in [2.75, 3.05) is 36.2 Å². The Bertz CT molecular complexity index is 548. The van der Waals surface area contributed by atoms with E-state index in [1.165, 1.54) is 0 Å². The van der Waals surface area contributed by atoms with E-state index in [1.54, 1.807) is 24.9 Å². The van der Waals surface area contributed by atoms with Gasteiger partial charge in [0, 0.05) is 43.6 Å². The molecule has 0 bridgehead atoms. The zero-order chi connectivity index (χ0) is 14.6. The molecule has 0 saturated carbocycles. The van der Waals surface area contributed by atoms with Gasteiger partial charge >= 0.3 is 0 Å². The summed E-state index contributed by atoms with van der Waals surface area (Å²) in [5.74, 6) is 2.66. The third kappa shape index (κ3) is 3.65. The van der Waals surface area contributed by atoms with Crippen LogP contribution in [0.2, 0.25) is 0 Å². The molecule has 0 aliphatic carbocycles. The number of hydrogen-bond acceptors (Lipinski definition) is 6. The van der Waals surface area contributed by atoms with Crippen LogP contribution in [0.5, 0.6) is 0 Å². The van der Waals surface area contributed by atoms with Gasteiger partial charge < -0.3 is 5.32 Å². The quantitative estimate of drug-likeness (QED) is 0.887. The van der Waals surface area contributed by atoms with Gasteiger partial charge in [0.1, 0.15) is 11.2 Å². The van der Waals surface area contributed by atoms with Gasteiger partial charge in [-0.2, -0.15) is 11.8 Å². The second-order valence-electron chi connectivity index (χ2n) is 4.75. The molecule has 1 aliphatic heterocycles.